The van der Waals surface area contributed by atoms with Gasteiger partial charge in [-0.3, -0.25) is 9.52 Å². The summed E-state index contributed by atoms with van der Waals surface area (Å²) in [5, 5.41) is 6.11. The topological polar surface area (TPSA) is 101 Å². The molecule has 0 bridgehead atoms. The van der Waals surface area contributed by atoms with E-state index < -0.39 is 27.7 Å². The highest BCUT2D eigenvalue weighted by atomic mass is 32.2. The van der Waals surface area contributed by atoms with Gasteiger partial charge in [-0.1, -0.05) is 11.2 Å². The van der Waals surface area contributed by atoms with Gasteiger partial charge in [0.2, 0.25) is 0 Å². The fourth-order valence-electron chi connectivity index (χ4n) is 2.71. The number of nitrogens with one attached hydrogen (secondary N) is 2. The SMILES string of the molecule is Cc1cc(NC(=O)c2cnoc2C)ccc1S(=O)(=O)Nc1cccc(C(F)(F)F)c1. The van der Waals surface area contributed by atoms with Gasteiger partial charge >= 0.3 is 6.18 Å². The summed E-state index contributed by atoms with van der Waals surface area (Å²) in [6.45, 7) is 3.07. The van der Waals surface area contributed by atoms with Crippen LogP contribution in [-0.2, 0) is 16.2 Å². The zero-order valence-corrected chi connectivity index (χ0v) is 16.6. The molecule has 0 aliphatic rings. The lowest BCUT2D eigenvalue weighted by molar-refractivity contribution is -0.137. The maximum absolute atomic E-state index is 12.8. The average molecular weight is 439 g/mol. The molecular weight excluding hydrogens is 423 g/mol. The molecule has 0 fully saturated rings. The zero-order chi connectivity index (χ0) is 22.1. The molecule has 7 nitrogen and oxygen atoms in total. The monoisotopic (exact) mass is 439 g/mol. The minimum absolute atomic E-state index is 0.140. The highest BCUT2D eigenvalue weighted by Crippen LogP contribution is 2.31. The second kappa shape index (κ2) is 7.82. The van der Waals surface area contributed by atoms with Crippen molar-refractivity contribution in [2.24, 2.45) is 0 Å². The number of amides is 1. The number of nitrogens with zero attached hydrogens (tertiary/aromatic N) is 1. The Balaban J connectivity index is 1.82. The van der Waals surface area contributed by atoms with Crippen molar-refractivity contribution in [3.63, 3.8) is 0 Å². The maximum atomic E-state index is 12.8. The van der Waals surface area contributed by atoms with Crippen LogP contribution in [0.25, 0.3) is 0 Å². The second-order valence-corrected chi connectivity index (χ2v) is 8.06. The molecule has 2 N–H and O–H groups in total. The summed E-state index contributed by atoms with van der Waals surface area (Å²) in [6.07, 6.45) is -3.34. The Morgan fingerprint density at radius 2 is 1.80 bits per heavy atom. The lowest BCUT2D eigenvalue weighted by atomic mass is 10.2. The first kappa shape index (κ1) is 21.4. The number of anilines is 2. The van der Waals surface area contributed by atoms with Gasteiger partial charge in [0.1, 0.15) is 11.3 Å². The van der Waals surface area contributed by atoms with E-state index in [2.05, 4.69) is 15.2 Å². The number of hydrogen-bond donors (Lipinski definition) is 2. The maximum Gasteiger partial charge on any atom is 0.416 e. The van der Waals surface area contributed by atoms with Gasteiger partial charge in [-0.25, -0.2) is 8.42 Å². The van der Waals surface area contributed by atoms with Crippen LogP contribution < -0.4 is 10.0 Å². The molecule has 11 heteroatoms. The minimum atomic E-state index is -4.60. The van der Waals surface area contributed by atoms with Gasteiger partial charge in [-0.15, -0.1) is 0 Å². The predicted octanol–water partition coefficient (Wildman–Crippen LogP) is 4.36. The molecule has 0 saturated heterocycles. The summed E-state index contributed by atoms with van der Waals surface area (Å²) < 4.78 is 70.8. The van der Waals surface area contributed by atoms with E-state index in [0.29, 0.717) is 17.5 Å². The van der Waals surface area contributed by atoms with Crippen LogP contribution in [-0.4, -0.2) is 19.5 Å². The molecule has 0 atom stereocenters. The Kier molecular flexibility index (Phi) is 5.57. The highest BCUT2D eigenvalue weighted by Gasteiger charge is 2.31. The van der Waals surface area contributed by atoms with Crippen molar-refractivity contribution in [1.29, 1.82) is 0 Å². The van der Waals surface area contributed by atoms with Crippen molar-refractivity contribution in [1.82, 2.24) is 5.16 Å². The van der Waals surface area contributed by atoms with E-state index in [-0.39, 0.29) is 21.7 Å². The molecule has 3 aromatic rings. The summed E-state index contributed by atoms with van der Waals surface area (Å²) in [5.41, 5.74) is -0.341. The largest absolute Gasteiger partial charge is 0.416 e. The molecule has 158 valence electrons. The number of hydrogen-bond acceptors (Lipinski definition) is 5. The van der Waals surface area contributed by atoms with Crippen molar-refractivity contribution in [3.05, 3.63) is 71.1 Å². The Morgan fingerprint density at radius 3 is 2.40 bits per heavy atom. The summed E-state index contributed by atoms with van der Waals surface area (Å²) in [5.74, 6) is -0.153. The molecule has 0 aliphatic heterocycles. The number of rotatable bonds is 5. The number of benzene rings is 2. The Morgan fingerprint density at radius 1 is 1.07 bits per heavy atom. The van der Waals surface area contributed by atoms with E-state index in [4.69, 9.17) is 4.52 Å². The van der Waals surface area contributed by atoms with Crippen LogP contribution >= 0.6 is 0 Å². The van der Waals surface area contributed by atoms with Crippen molar-refractivity contribution < 1.29 is 30.9 Å². The van der Waals surface area contributed by atoms with Crippen LogP contribution in [0.3, 0.4) is 0 Å². The molecule has 0 saturated carbocycles. The Bertz CT molecular complexity index is 1200. The molecule has 2 aromatic carbocycles. The summed E-state index contributed by atoms with van der Waals surface area (Å²) in [4.78, 5) is 12.1. The molecule has 1 aromatic heterocycles. The lowest BCUT2D eigenvalue weighted by Gasteiger charge is -2.13. The predicted molar refractivity (Wildman–Crippen MR) is 103 cm³/mol. The Hall–Kier alpha value is -3.34. The number of aromatic nitrogens is 1. The van der Waals surface area contributed by atoms with Gasteiger partial charge in [0.15, 0.2) is 0 Å². The first-order valence-electron chi connectivity index (χ1n) is 8.51. The summed E-state index contributed by atoms with van der Waals surface area (Å²) in [6, 6.07) is 7.94. The van der Waals surface area contributed by atoms with Crippen molar-refractivity contribution >= 4 is 27.3 Å². The van der Waals surface area contributed by atoms with E-state index in [0.717, 1.165) is 12.1 Å². The third-order valence-corrected chi connectivity index (χ3v) is 5.70. The van der Waals surface area contributed by atoms with E-state index in [9.17, 15) is 26.4 Å². The van der Waals surface area contributed by atoms with Gasteiger partial charge in [-0.2, -0.15) is 13.2 Å². The fraction of sp³-hybridized carbons (Fsp3) is 0.158. The van der Waals surface area contributed by atoms with Gasteiger partial charge in [0.05, 0.1) is 16.7 Å². The fourth-order valence-corrected chi connectivity index (χ4v) is 3.99. The molecule has 3 rings (SSSR count). The number of alkyl halides is 3. The van der Waals surface area contributed by atoms with Crippen LogP contribution in [0.15, 0.2) is 58.1 Å². The number of halogens is 3. The van der Waals surface area contributed by atoms with Crippen LogP contribution in [0.4, 0.5) is 24.5 Å². The lowest BCUT2D eigenvalue weighted by Crippen LogP contribution is -2.16. The van der Waals surface area contributed by atoms with Crippen LogP contribution in [0.1, 0.15) is 27.2 Å². The van der Waals surface area contributed by atoms with Gasteiger partial charge < -0.3 is 9.84 Å². The summed E-state index contributed by atoms with van der Waals surface area (Å²) in [7, 11) is -4.16. The standard InChI is InChI=1S/C19H16F3N3O4S/c1-11-8-14(24-18(26)16-10-23-29-12(16)2)6-7-17(11)30(27,28)25-15-5-3-4-13(9-15)19(20,21)22/h3-10,25H,1-2H3,(H,24,26). The Labute approximate surface area is 169 Å². The molecule has 1 heterocycles. The third-order valence-electron chi connectivity index (χ3n) is 4.16. The number of carbonyl (C=O) groups is 1. The molecular formula is C19H16F3N3O4S. The van der Waals surface area contributed by atoms with Crippen molar-refractivity contribution in [2.45, 2.75) is 24.9 Å². The van der Waals surface area contributed by atoms with E-state index in [1.807, 2.05) is 0 Å². The van der Waals surface area contributed by atoms with Crippen molar-refractivity contribution in [2.75, 3.05) is 10.0 Å². The quantitative estimate of drug-likeness (QED) is 0.615. The first-order valence-corrected chi connectivity index (χ1v) is 9.99. The smallest absolute Gasteiger partial charge is 0.361 e. The molecule has 0 unspecified atom stereocenters. The molecule has 1 amide bonds. The van der Waals surface area contributed by atoms with E-state index in [1.54, 1.807) is 6.92 Å². The van der Waals surface area contributed by atoms with Gasteiger partial charge in [0.25, 0.3) is 15.9 Å². The number of aryl methyl sites for hydroxylation is 2. The van der Waals surface area contributed by atoms with Crippen molar-refractivity contribution in [3.8, 4) is 0 Å². The average Bonchev–Trinajstić information content (AvgIpc) is 3.07. The molecule has 30 heavy (non-hydrogen) atoms. The molecule has 0 radical (unpaired) electrons. The normalized spacial score (nSPS) is 11.9. The molecule has 0 spiro atoms. The first-order chi connectivity index (χ1) is 14.0. The number of sulfonamides is 1. The van der Waals surface area contributed by atoms with Crippen LogP contribution in [0.5, 0.6) is 0 Å². The van der Waals surface area contributed by atoms with Gasteiger partial charge in [0, 0.05) is 11.4 Å². The number of carbonyl (C=O) groups excluding carboxylic acids is 1. The van der Waals surface area contributed by atoms with E-state index >= 15 is 0 Å². The zero-order valence-electron chi connectivity index (χ0n) is 15.7. The third kappa shape index (κ3) is 4.62. The summed E-state index contributed by atoms with van der Waals surface area (Å²) >= 11 is 0. The van der Waals surface area contributed by atoms with Gasteiger partial charge in [-0.05, 0) is 55.8 Å². The van der Waals surface area contributed by atoms with Crippen LogP contribution in [0.2, 0.25) is 0 Å². The second-order valence-electron chi connectivity index (χ2n) is 6.41. The highest BCUT2D eigenvalue weighted by molar-refractivity contribution is 7.92. The minimum Gasteiger partial charge on any atom is -0.361 e. The molecule has 0 aliphatic carbocycles. The van der Waals surface area contributed by atoms with Crippen LogP contribution in [0, 0.1) is 13.8 Å². The van der Waals surface area contributed by atoms with E-state index in [1.165, 1.54) is 37.4 Å².